The van der Waals surface area contributed by atoms with Gasteiger partial charge in [0.1, 0.15) is 5.44 Å². The highest BCUT2D eigenvalue weighted by Gasteiger charge is 2.12. The molecule has 1 N–H and O–H groups in total. The number of rotatable bonds is 8. The summed E-state index contributed by atoms with van der Waals surface area (Å²) in [6.45, 7) is 0. The fourth-order valence-electron chi connectivity index (χ4n) is 0.975. The third-order valence-electron chi connectivity index (χ3n) is 1.77. The Morgan fingerprint density at radius 1 is 1.12 bits per heavy atom. The maximum atomic E-state index is 11.3. The normalized spacial score (nSPS) is 14.2. The molecule has 2 atom stereocenters. The molecule has 0 radical (unpaired) electrons. The van der Waals surface area contributed by atoms with Crippen molar-refractivity contribution in [1.29, 1.82) is 0 Å². The van der Waals surface area contributed by atoms with Crippen molar-refractivity contribution in [1.82, 2.24) is 5.32 Å². The van der Waals surface area contributed by atoms with Crippen LogP contribution < -0.4 is 5.32 Å². The van der Waals surface area contributed by atoms with E-state index < -0.39 is 6.09 Å². The number of carbonyl (C=O) groups is 1. The van der Waals surface area contributed by atoms with E-state index in [2.05, 4.69) is 55.8 Å². The highest BCUT2D eigenvalue weighted by Crippen LogP contribution is 2.09. The van der Waals surface area contributed by atoms with Crippen molar-refractivity contribution in [2.24, 2.45) is 0 Å². The van der Waals surface area contributed by atoms with Crippen molar-refractivity contribution in [3.63, 3.8) is 0 Å². The molecular formula is C9H19NO2S4. The van der Waals surface area contributed by atoms with E-state index in [1.807, 2.05) is 0 Å². The summed E-state index contributed by atoms with van der Waals surface area (Å²) in [6, 6.07) is 0. The van der Waals surface area contributed by atoms with Gasteiger partial charge < -0.3 is 10.1 Å². The smallest absolute Gasteiger partial charge is 0.409 e. The van der Waals surface area contributed by atoms with E-state index in [-0.39, 0.29) is 10.8 Å². The molecule has 0 aliphatic carbocycles. The second-order valence-electron chi connectivity index (χ2n) is 3.25. The van der Waals surface area contributed by atoms with Crippen LogP contribution in [0.5, 0.6) is 0 Å². The summed E-state index contributed by atoms with van der Waals surface area (Å²) in [5.74, 6) is 1.55. The number of carbonyl (C=O) groups excluding carboxylic acids is 1. The lowest BCUT2D eigenvalue weighted by Gasteiger charge is -2.16. The summed E-state index contributed by atoms with van der Waals surface area (Å²) < 4.78 is 5.02. The van der Waals surface area contributed by atoms with E-state index in [9.17, 15) is 4.79 Å². The van der Waals surface area contributed by atoms with Gasteiger partial charge in [0.2, 0.25) is 0 Å². The minimum atomic E-state index is -0.474. The number of amides is 1. The van der Waals surface area contributed by atoms with Crippen molar-refractivity contribution < 1.29 is 9.53 Å². The van der Waals surface area contributed by atoms with E-state index in [1.165, 1.54) is 0 Å². The third-order valence-corrected chi connectivity index (χ3v) is 3.16. The SMILES string of the molecule is O=C(NC(S)CCCS)OC(S)CCCS. The van der Waals surface area contributed by atoms with Gasteiger partial charge in [-0.2, -0.15) is 37.9 Å². The molecular weight excluding hydrogens is 282 g/mol. The summed E-state index contributed by atoms with van der Waals surface area (Å²) in [5.41, 5.74) is -0.377. The largest absolute Gasteiger partial charge is 0.435 e. The highest BCUT2D eigenvalue weighted by molar-refractivity contribution is 7.81. The van der Waals surface area contributed by atoms with Gasteiger partial charge in [-0.15, -0.1) is 12.6 Å². The number of hydrogen-bond donors (Lipinski definition) is 5. The molecule has 0 aliphatic rings. The van der Waals surface area contributed by atoms with Gasteiger partial charge in [0.15, 0.2) is 0 Å². The summed E-state index contributed by atoms with van der Waals surface area (Å²) >= 11 is 16.5. The summed E-state index contributed by atoms with van der Waals surface area (Å²) in [7, 11) is 0. The molecule has 1 amide bonds. The third kappa shape index (κ3) is 9.86. The lowest BCUT2D eigenvalue weighted by atomic mass is 10.3. The van der Waals surface area contributed by atoms with Crippen molar-refractivity contribution in [3.05, 3.63) is 0 Å². The monoisotopic (exact) mass is 301 g/mol. The molecule has 0 aromatic carbocycles. The summed E-state index contributed by atoms with van der Waals surface area (Å²) in [6.07, 6.45) is 2.78. The summed E-state index contributed by atoms with van der Waals surface area (Å²) in [5, 5.41) is 2.43. The van der Waals surface area contributed by atoms with Crippen LogP contribution in [0.3, 0.4) is 0 Å². The molecule has 0 fully saturated rings. The van der Waals surface area contributed by atoms with Crippen LogP contribution in [-0.4, -0.2) is 28.4 Å². The Balaban J connectivity index is 3.63. The molecule has 0 aromatic rings. The van der Waals surface area contributed by atoms with E-state index in [0.717, 1.165) is 30.8 Å². The zero-order valence-electron chi connectivity index (χ0n) is 9.00. The molecule has 0 spiro atoms. The Labute approximate surface area is 119 Å². The highest BCUT2D eigenvalue weighted by atomic mass is 32.1. The lowest BCUT2D eigenvalue weighted by molar-refractivity contribution is 0.131. The van der Waals surface area contributed by atoms with Crippen molar-refractivity contribution >= 4 is 56.6 Å². The number of thiol groups is 4. The zero-order chi connectivity index (χ0) is 12.4. The molecule has 2 unspecified atom stereocenters. The molecule has 0 saturated carbocycles. The van der Waals surface area contributed by atoms with Gasteiger partial charge in [0.05, 0.1) is 5.37 Å². The van der Waals surface area contributed by atoms with Crippen LogP contribution in [0.15, 0.2) is 0 Å². The van der Waals surface area contributed by atoms with Gasteiger partial charge in [-0.1, -0.05) is 0 Å². The second kappa shape index (κ2) is 10.8. The van der Waals surface area contributed by atoms with Gasteiger partial charge in [-0.05, 0) is 37.2 Å². The molecule has 3 nitrogen and oxygen atoms in total. The second-order valence-corrected chi connectivity index (χ2v) is 5.35. The predicted octanol–water partition coefficient (Wildman–Crippen LogP) is 2.64. The molecule has 0 aliphatic heterocycles. The van der Waals surface area contributed by atoms with E-state index >= 15 is 0 Å². The maximum Gasteiger partial charge on any atom is 0.409 e. The molecule has 0 saturated heterocycles. The van der Waals surface area contributed by atoms with Gasteiger partial charge in [0, 0.05) is 0 Å². The topological polar surface area (TPSA) is 38.3 Å². The Bertz CT molecular complexity index is 176. The molecule has 0 bridgehead atoms. The molecule has 96 valence electrons. The van der Waals surface area contributed by atoms with E-state index in [4.69, 9.17) is 4.74 Å². The van der Waals surface area contributed by atoms with Gasteiger partial charge in [0.25, 0.3) is 0 Å². The van der Waals surface area contributed by atoms with Crippen LogP contribution in [0.1, 0.15) is 25.7 Å². The molecule has 7 heteroatoms. The van der Waals surface area contributed by atoms with Crippen molar-refractivity contribution in [2.45, 2.75) is 36.5 Å². The van der Waals surface area contributed by atoms with Crippen molar-refractivity contribution in [3.8, 4) is 0 Å². The lowest BCUT2D eigenvalue weighted by Crippen LogP contribution is -2.33. The average Bonchev–Trinajstić information content (AvgIpc) is 2.23. The van der Waals surface area contributed by atoms with Crippen LogP contribution in [-0.2, 0) is 4.74 Å². The summed E-state index contributed by atoms with van der Waals surface area (Å²) in [4.78, 5) is 11.3. The number of ether oxygens (including phenoxy) is 1. The minimum Gasteiger partial charge on any atom is -0.435 e. The quantitative estimate of drug-likeness (QED) is 0.353. The molecule has 0 heterocycles. The number of alkyl carbamates (subject to hydrolysis) is 1. The minimum absolute atomic E-state index is 0.190. The maximum absolute atomic E-state index is 11.3. The number of hydrogen-bond acceptors (Lipinski definition) is 6. The van der Waals surface area contributed by atoms with Crippen LogP contribution in [0.2, 0.25) is 0 Å². The zero-order valence-corrected chi connectivity index (χ0v) is 12.6. The predicted molar refractivity (Wildman–Crippen MR) is 81.3 cm³/mol. The van der Waals surface area contributed by atoms with E-state index in [0.29, 0.717) is 6.42 Å². The van der Waals surface area contributed by atoms with Gasteiger partial charge >= 0.3 is 6.09 Å². The fourth-order valence-corrected chi connectivity index (χ4v) is 1.91. The first kappa shape index (κ1) is 16.7. The Kier molecular flexibility index (Phi) is 11.3. The molecule has 0 rings (SSSR count). The first-order chi connectivity index (χ1) is 7.60. The van der Waals surface area contributed by atoms with Gasteiger partial charge in [-0.3, -0.25) is 0 Å². The first-order valence-corrected chi connectivity index (χ1v) is 7.45. The Morgan fingerprint density at radius 3 is 2.25 bits per heavy atom. The van der Waals surface area contributed by atoms with Crippen molar-refractivity contribution in [2.75, 3.05) is 11.5 Å². The standard InChI is InChI=1S/C9H19NO2S4/c11-9(10-7(15)3-1-5-13)12-8(16)4-2-6-14/h7-8,13-16H,1-6H2,(H,10,11). The van der Waals surface area contributed by atoms with Crippen LogP contribution in [0, 0.1) is 0 Å². The van der Waals surface area contributed by atoms with Crippen LogP contribution in [0.25, 0.3) is 0 Å². The molecule has 0 aromatic heterocycles. The fraction of sp³-hybridized carbons (Fsp3) is 0.889. The first-order valence-electron chi connectivity index (χ1n) is 5.15. The average molecular weight is 302 g/mol. The van der Waals surface area contributed by atoms with E-state index in [1.54, 1.807) is 0 Å². The molecule has 16 heavy (non-hydrogen) atoms. The van der Waals surface area contributed by atoms with Crippen LogP contribution >= 0.6 is 50.5 Å². The Morgan fingerprint density at radius 2 is 1.69 bits per heavy atom. The van der Waals surface area contributed by atoms with Crippen LogP contribution in [0.4, 0.5) is 4.79 Å². The Hall–Kier alpha value is 0.670. The van der Waals surface area contributed by atoms with Gasteiger partial charge in [-0.25, -0.2) is 4.79 Å². The number of nitrogens with one attached hydrogen (secondary N) is 1.